The molecule has 7 heteroatoms. The molecule has 0 bridgehead atoms. The molecule has 1 aliphatic heterocycles. The number of carbonyl (C=O) groups excluding carboxylic acids is 1. The van der Waals surface area contributed by atoms with E-state index >= 15 is 0 Å². The largest absolute Gasteiger partial charge is 0.352 e. The van der Waals surface area contributed by atoms with Gasteiger partial charge in [-0.15, -0.1) is 11.3 Å². The van der Waals surface area contributed by atoms with Crippen molar-refractivity contribution >= 4 is 33.4 Å². The molecule has 1 saturated heterocycles. The summed E-state index contributed by atoms with van der Waals surface area (Å²) in [5.74, 6) is 3.13. The fourth-order valence-electron chi connectivity index (χ4n) is 4.98. The van der Waals surface area contributed by atoms with E-state index in [-0.39, 0.29) is 6.03 Å². The highest BCUT2D eigenvalue weighted by Gasteiger charge is 2.29. The smallest absolute Gasteiger partial charge is 0.317 e. The van der Waals surface area contributed by atoms with Gasteiger partial charge < -0.3 is 15.1 Å². The van der Waals surface area contributed by atoms with E-state index in [1.807, 2.05) is 46.6 Å². The summed E-state index contributed by atoms with van der Waals surface area (Å²) in [4.78, 5) is 29.9. The minimum atomic E-state index is 0.0125. The number of carbonyl (C=O) groups is 1. The zero-order valence-corrected chi connectivity index (χ0v) is 21.3. The molecule has 1 fully saturated rings. The van der Waals surface area contributed by atoms with Gasteiger partial charge in [0.1, 0.15) is 16.5 Å². The van der Waals surface area contributed by atoms with Gasteiger partial charge in [0.15, 0.2) is 0 Å². The SMILES string of the molecule is CC[C@@H](C)c1nc(N2CCN(C(=O)NCc3ccccc3)CC2)c2c3c(sc2n1)C[C@@H](C)CC3. The maximum atomic E-state index is 12.8. The van der Waals surface area contributed by atoms with E-state index < -0.39 is 0 Å². The second-order valence-electron chi connectivity index (χ2n) is 9.87. The van der Waals surface area contributed by atoms with E-state index in [4.69, 9.17) is 9.97 Å². The van der Waals surface area contributed by atoms with Crippen LogP contribution in [0, 0.1) is 5.92 Å². The first-order valence-electron chi connectivity index (χ1n) is 12.7. The predicted molar refractivity (Wildman–Crippen MR) is 140 cm³/mol. The summed E-state index contributed by atoms with van der Waals surface area (Å²) in [5.41, 5.74) is 2.60. The number of fused-ring (bicyclic) bond motifs is 3. The third kappa shape index (κ3) is 4.63. The lowest BCUT2D eigenvalue weighted by Gasteiger charge is -2.36. The number of amides is 2. The fourth-order valence-corrected chi connectivity index (χ4v) is 6.36. The molecule has 2 atom stereocenters. The average Bonchev–Trinajstić information content (AvgIpc) is 3.24. The first kappa shape index (κ1) is 23.1. The molecule has 1 N–H and O–H groups in total. The highest BCUT2D eigenvalue weighted by molar-refractivity contribution is 7.19. The third-order valence-electron chi connectivity index (χ3n) is 7.36. The van der Waals surface area contributed by atoms with Crippen molar-refractivity contribution in [3.8, 4) is 0 Å². The lowest BCUT2D eigenvalue weighted by atomic mass is 9.89. The summed E-state index contributed by atoms with van der Waals surface area (Å²) < 4.78 is 0. The van der Waals surface area contributed by atoms with E-state index in [1.165, 1.54) is 22.2 Å². The Labute approximate surface area is 206 Å². The van der Waals surface area contributed by atoms with Crippen LogP contribution < -0.4 is 10.2 Å². The van der Waals surface area contributed by atoms with Gasteiger partial charge in [-0.2, -0.15) is 0 Å². The molecule has 2 amide bonds. The Morgan fingerprint density at radius 3 is 2.68 bits per heavy atom. The first-order chi connectivity index (χ1) is 16.5. The van der Waals surface area contributed by atoms with Crippen molar-refractivity contribution in [2.45, 2.75) is 58.9 Å². The molecule has 2 aromatic heterocycles. The lowest BCUT2D eigenvalue weighted by molar-refractivity contribution is 0.194. The molecule has 3 heterocycles. The van der Waals surface area contributed by atoms with Crippen LogP contribution in [0.4, 0.5) is 10.6 Å². The maximum absolute atomic E-state index is 12.8. The zero-order chi connectivity index (χ0) is 23.7. The molecule has 34 heavy (non-hydrogen) atoms. The topological polar surface area (TPSA) is 61.4 Å². The first-order valence-corrected chi connectivity index (χ1v) is 13.5. The molecular formula is C27H35N5OS. The average molecular weight is 478 g/mol. The van der Waals surface area contributed by atoms with Gasteiger partial charge in [-0.25, -0.2) is 14.8 Å². The molecular weight excluding hydrogens is 442 g/mol. The van der Waals surface area contributed by atoms with Gasteiger partial charge in [-0.3, -0.25) is 0 Å². The standard InChI is InChI=1S/C27H35N5OS/c1-4-19(3)24-29-25(23-21-11-10-18(2)16-22(21)34-26(23)30-24)31-12-14-32(15-13-31)27(33)28-17-20-8-6-5-7-9-20/h5-9,18-19H,4,10-17H2,1-3H3,(H,28,33)/t18-,19+/m0/s1. The van der Waals surface area contributed by atoms with Gasteiger partial charge >= 0.3 is 6.03 Å². The minimum Gasteiger partial charge on any atom is -0.352 e. The molecule has 0 saturated carbocycles. The number of rotatable bonds is 5. The number of nitrogens with zero attached hydrogens (tertiary/aromatic N) is 4. The Bertz CT molecular complexity index is 1150. The predicted octanol–water partition coefficient (Wildman–Crippen LogP) is 5.36. The van der Waals surface area contributed by atoms with Gasteiger partial charge in [0.25, 0.3) is 0 Å². The molecule has 0 spiro atoms. The molecule has 1 aromatic carbocycles. The van der Waals surface area contributed by atoms with E-state index in [9.17, 15) is 4.79 Å². The van der Waals surface area contributed by atoms with Crippen LogP contribution in [0.15, 0.2) is 30.3 Å². The van der Waals surface area contributed by atoms with Crippen LogP contribution in [0.25, 0.3) is 10.2 Å². The van der Waals surface area contributed by atoms with E-state index in [0.29, 0.717) is 25.6 Å². The minimum absolute atomic E-state index is 0.0125. The Hall–Kier alpha value is -2.67. The number of hydrogen-bond donors (Lipinski definition) is 1. The lowest BCUT2D eigenvalue weighted by Crippen LogP contribution is -2.52. The van der Waals surface area contributed by atoms with Crippen molar-refractivity contribution in [3.05, 3.63) is 52.2 Å². The van der Waals surface area contributed by atoms with Crippen molar-refractivity contribution in [1.29, 1.82) is 0 Å². The number of aryl methyl sites for hydroxylation is 1. The van der Waals surface area contributed by atoms with E-state index in [2.05, 4.69) is 31.0 Å². The third-order valence-corrected chi connectivity index (χ3v) is 8.51. The molecule has 180 valence electrons. The Kier molecular flexibility index (Phi) is 6.73. The van der Waals surface area contributed by atoms with Crippen molar-refractivity contribution < 1.29 is 4.79 Å². The van der Waals surface area contributed by atoms with Crippen LogP contribution >= 0.6 is 11.3 Å². The maximum Gasteiger partial charge on any atom is 0.317 e. The van der Waals surface area contributed by atoms with Crippen LogP contribution in [0.2, 0.25) is 0 Å². The van der Waals surface area contributed by atoms with E-state index in [0.717, 1.165) is 60.3 Å². The van der Waals surface area contributed by atoms with Gasteiger partial charge in [0.05, 0.1) is 5.39 Å². The molecule has 5 rings (SSSR count). The number of hydrogen-bond acceptors (Lipinski definition) is 5. The fraction of sp³-hybridized carbons (Fsp3) is 0.519. The Morgan fingerprint density at radius 2 is 1.94 bits per heavy atom. The van der Waals surface area contributed by atoms with Gasteiger partial charge in [-0.1, -0.05) is 51.1 Å². The quantitative estimate of drug-likeness (QED) is 0.537. The number of urea groups is 1. The van der Waals surface area contributed by atoms with Crippen LogP contribution in [0.5, 0.6) is 0 Å². The Morgan fingerprint density at radius 1 is 1.18 bits per heavy atom. The molecule has 1 aliphatic carbocycles. The summed E-state index contributed by atoms with van der Waals surface area (Å²) in [5, 5.41) is 4.35. The molecule has 2 aliphatic rings. The summed E-state index contributed by atoms with van der Waals surface area (Å²) in [6.45, 7) is 10.3. The van der Waals surface area contributed by atoms with Crippen molar-refractivity contribution in [2.75, 3.05) is 31.1 Å². The van der Waals surface area contributed by atoms with Crippen molar-refractivity contribution in [3.63, 3.8) is 0 Å². The number of benzene rings is 1. The number of piperazine rings is 1. The van der Waals surface area contributed by atoms with Gasteiger partial charge in [0, 0.05) is 43.5 Å². The van der Waals surface area contributed by atoms with Crippen molar-refractivity contribution in [2.24, 2.45) is 5.92 Å². The number of anilines is 1. The summed E-state index contributed by atoms with van der Waals surface area (Å²) in [6, 6.07) is 10.1. The molecule has 0 radical (unpaired) electrons. The van der Waals surface area contributed by atoms with Crippen LogP contribution in [-0.2, 0) is 19.4 Å². The summed E-state index contributed by atoms with van der Waals surface area (Å²) in [6.07, 6.45) is 4.55. The van der Waals surface area contributed by atoms with Crippen LogP contribution in [0.1, 0.15) is 61.4 Å². The second kappa shape index (κ2) is 9.90. The van der Waals surface area contributed by atoms with Gasteiger partial charge in [-0.05, 0) is 42.7 Å². The number of aromatic nitrogens is 2. The number of nitrogens with one attached hydrogen (secondary N) is 1. The van der Waals surface area contributed by atoms with Crippen LogP contribution in [-0.4, -0.2) is 47.1 Å². The molecule has 3 aromatic rings. The highest BCUT2D eigenvalue weighted by Crippen LogP contribution is 2.41. The van der Waals surface area contributed by atoms with Crippen molar-refractivity contribution in [1.82, 2.24) is 20.2 Å². The van der Waals surface area contributed by atoms with E-state index in [1.54, 1.807) is 0 Å². The second-order valence-corrected chi connectivity index (χ2v) is 10.9. The number of thiophene rings is 1. The molecule has 6 nitrogen and oxygen atoms in total. The van der Waals surface area contributed by atoms with Gasteiger partial charge in [0.2, 0.25) is 0 Å². The summed E-state index contributed by atoms with van der Waals surface area (Å²) >= 11 is 1.88. The monoisotopic (exact) mass is 477 g/mol. The van der Waals surface area contributed by atoms with Crippen LogP contribution in [0.3, 0.4) is 0 Å². The normalized spacial score (nSPS) is 19.2. The molecule has 0 unspecified atom stereocenters. The highest BCUT2D eigenvalue weighted by atomic mass is 32.1. The Balaban J connectivity index is 1.35. The summed E-state index contributed by atoms with van der Waals surface area (Å²) in [7, 11) is 0. The zero-order valence-electron chi connectivity index (χ0n) is 20.5.